The number of aliphatic carboxylic acids is 1. The van der Waals surface area contributed by atoms with Crippen molar-refractivity contribution in [2.24, 2.45) is 0 Å². The van der Waals surface area contributed by atoms with Crippen LogP contribution in [0.4, 0.5) is 0 Å². The second-order valence-electron chi connectivity index (χ2n) is 1.35. The lowest BCUT2D eigenvalue weighted by molar-refractivity contribution is -0.142. The Hall–Kier alpha value is -0.650. The summed E-state index contributed by atoms with van der Waals surface area (Å²) in [4.78, 5) is 9.75. The molecule has 0 heterocycles. The number of carboxylic acids is 1. The molecule has 0 bridgehead atoms. The number of rotatable bonds is 5. The summed E-state index contributed by atoms with van der Waals surface area (Å²) < 4.78 is 4.51. The zero-order valence-corrected chi connectivity index (χ0v) is 4.83. The topological polar surface area (TPSA) is 78.8 Å². The second-order valence-corrected chi connectivity index (χ2v) is 1.35. The largest absolute Gasteiger partial charge is 0.480 e. The molecular weight excluding hydrogens is 126 g/mol. The van der Waals surface area contributed by atoms with Crippen molar-refractivity contribution in [3.63, 3.8) is 0 Å². The number of carbonyl (C=O) groups is 1. The summed E-state index contributed by atoms with van der Waals surface area (Å²) in [7, 11) is 0. The molecule has 0 radical (unpaired) electrons. The lowest BCUT2D eigenvalue weighted by atomic mass is 10.7. The van der Waals surface area contributed by atoms with Gasteiger partial charge in [-0.2, -0.15) is 0 Å². The molecule has 0 rings (SSSR count). The van der Waals surface area contributed by atoms with Gasteiger partial charge < -0.3 is 15.1 Å². The van der Waals surface area contributed by atoms with E-state index in [2.05, 4.69) is 4.74 Å². The van der Waals surface area contributed by atoms with E-state index in [-0.39, 0.29) is 19.8 Å². The molecule has 0 aliphatic heterocycles. The van der Waals surface area contributed by atoms with Crippen LogP contribution in [0.3, 0.4) is 0 Å². The minimum absolute atomic E-state index is 0.197. The van der Waals surface area contributed by atoms with Crippen LogP contribution in [-0.4, -0.2) is 36.0 Å². The van der Waals surface area contributed by atoms with E-state index in [1.165, 1.54) is 0 Å². The van der Waals surface area contributed by atoms with Gasteiger partial charge in [0, 0.05) is 6.54 Å². The van der Waals surface area contributed by atoms with Crippen LogP contribution in [0.1, 0.15) is 0 Å². The van der Waals surface area contributed by atoms with Crippen molar-refractivity contribution in [1.29, 1.82) is 0 Å². The minimum Gasteiger partial charge on any atom is -0.480 e. The summed E-state index contributed by atoms with van der Waals surface area (Å²) in [6.45, 7) is 0.123. The lowest BCUT2D eigenvalue weighted by Crippen LogP contribution is -2.17. The van der Waals surface area contributed by atoms with E-state index < -0.39 is 5.97 Å². The molecule has 0 aromatic carbocycles. The van der Waals surface area contributed by atoms with E-state index in [9.17, 15) is 4.79 Å². The molecule has 5 heteroatoms. The number of ether oxygens (including phenoxy) is 1. The predicted octanol–water partition coefficient (Wildman–Crippen LogP) is -0.934. The van der Waals surface area contributed by atoms with Crippen LogP contribution < -0.4 is 5.48 Å². The maximum absolute atomic E-state index is 9.75. The molecule has 0 amide bonds. The zero-order valence-electron chi connectivity index (χ0n) is 4.83. The number of hydrogen-bond acceptors (Lipinski definition) is 4. The number of carboxylic acid groups (broad SMARTS) is 1. The van der Waals surface area contributed by atoms with E-state index >= 15 is 0 Å². The van der Waals surface area contributed by atoms with Gasteiger partial charge in [-0.1, -0.05) is 0 Å². The smallest absolute Gasteiger partial charge is 0.329 e. The Kier molecular flexibility index (Phi) is 5.09. The van der Waals surface area contributed by atoms with E-state index in [1.807, 2.05) is 5.48 Å². The minimum atomic E-state index is -1.01. The van der Waals surface area contributed by atoms with Crippen molar-refractivity contribution < 1.29 is 19.8 Å². The Morgan fingerprint density at radius 1 is 1.67 bits per heavy atom. The highest BCUT2D eigenvalue weighted by Crippen LogP contribution is 1.71. The van der Waals surface area contributed by atoms with Gasteiger partial charge in [-0.25, -0.2) is 10.3 Å². The number of hydrogen-bond donors (Lipinski definition) is 3. The van der Waals surface area contributed by atoms with Crippen molar-refractivity contribution >= 4 is 5.97 Å². The molecule has 3 N–H and O–H groups in total. The van der Waals surface area contributed by atoms with E-state index in [0.29, 0.717) is 0 Å². The Morgan fingerprint density at radius 2 is 2.33 bits per heavy atom. The monoisotopic (exact) mass is 135 g/mol. The normalized spacial score (nSPS) is 9.44. The Balaban J connectivity index is 2.83. The maximum Gasteiger partial charge on any atom is 0.329 e. The first-order valence-electron chi connectivity index (χ1n) is 2.44. The maximum atomic E-state index is 9.75. The molecule has 0 fully saturated rings. The first-order chi connectivity index (χ1) is 4.27. The fraction of sp³-hybridized carbons (Fsp3) is 0.750. The molecule has 0 unspecified atom stereocenters. The Morgan fingerprint density at radius 3 is 2.78 bits per heavy atom. The van der Waals surface area contributed by atoms with Crippen LogP contribution in [0, 0.1) is 0 Å². The molecule has 0 aliphatic carbocycles. The average Bonchev–Trinajstić information content (AvgIpc) is 1.80. The quantitative estimate of drug-likeness (QED) is 0.335. The lowest BCUT2D eigenvalue weighted by Gasteiger charge is -1.97. The van der Waals surface area contributed by atoms with Crippen molar-refractivity contribution in [2.75, 3.05) is 19.8 Å². The van der Waals surface area contributed by atoms with Crippen LogP contribution >= 0.6 is 0 Å². The van der Waals surface area contributed by atoms with Crippen LogP contribution in [0.5, 0.6) is 0 Å². The van der Waals surface area contributed by atoms with Crippen molar-refractivity contribution in [3.05, 3.63) is 0 Å². The summed E-state index contributed by atoms with van der Waals surface area (Å²) >= 11 is 0. The van der Waals surface area contributed by atoms with Crippen molar-refractivity contribution in [2.45, 2.75) is 0 Å². The molecule has 0 aliphatic rings. The van der Waals surface area contributed by atoms with Crippen LogP contribution in [-0.2, 0) is 9.53 Å². The molecule has 0 atom stereocenters. The van der Waals surface area contributed by atoms with Crippen molar-refractivity contribution in [1.82, 2.24) is 5.48 Å². The first kappa shape index (κ1) is 8.35. The summed E-state index contributed by atoms with van der Waals surface area (Å²) in [6, 6.07) is 0. The standard InChI is InChI=1S/C4H9NO4/c6-4(7)3-9-2-1-5-8/h5,8H,1-3H2,(H,6,7). The third-order valence-corrected chi connectivity index (χ3v) is 0.584. The fourth-order valence-electron chi connectivity index (χ4n) is 0.277. The molecule has 54 valence electrons. The van der Waals surface area contributed by atoms with Gasteiger partial charge in [-0.05, 0) is 0 Å². The summed E-state index contributed by atoms with van der Waals surface area (Å²) in [5.41, 5.74) is 1.82. The fourth-order valence-corrected chi connectivity index (χ4v) is 0.277. The molecule has 0 spiro atoms. The van der Waals surface area contributed by atoms with Crippen LogP contribution in [0.25, 0.3) is 0 Å². The highest BCUT2D eigenvalue weighted by atomic mass is 16.5. The SMILES string of the molecule is O=C(O)COCCNO. The Labute approximate surface area is 52.2 Å². The van der Waals surface area contributed by atoms with Gasteiger partial charge in [-0.3, -0.25) is 0 Å². The second kappa shape index (κ2) is 5.49. The van der Waals surface area contributed by atoms with Gasteiger partial charge >= 0.3 is 5.97 Å². The van der Waals surface area contributed by atoms with Gasteiger partial charge in [0.25, 0.3) is 0 Å². The van der Waals surface area contributed by atoms with Crippen LogP contribution in [0.15, 0.2) is 0 Å². The Bertz CT molecular complexity index is 84.6. The zero-order chi connectivity index (χ0) is 7.11. The molecule has 0 aromatic rings. The molecule has 0 saturated carbocycles. The van der Waals surface area contributed by atoms with Gasteiger partial charge in [0.05, 0.1) is 6.61 Å². The molecular formula is C4H9NO4. The van der Waals surface area contributed by atoms with Gasteiger partial charge in [0.2, 0.25) is 0 Å². The third kappa shape index (κ3) is 7.35. The molecule has 5 nitrogen and oxygen atoms in total. The van der Waals surface area contributed by atoms with Gasteiger partial charge in [-0.15, -0.1) is 0 Å². The van der Waals surface area contributed by atoms with E-state index in [1.54, 1.807) is 0 Å². The summed E-state index contributed by atoms with van der Waals surface area (Å²) in [5.74, 6) is -1.01. The highest BCUT2D eigenvalue weighted by molar-refractivity contribution is 5.67. The molecule has 9 heavy (non-hydrogen) atoms. The number of hydroxylamine groups is 1. The summed E-state index contributed by atoms with van der Waals surface area (Å²) in [6.07, 6.45) is 0. The van der Waals surface area contributed by atoms with E-state index in [0.717, 1.165) is 0 Å². The van der Waals surface area contributed by atoms with Gasteiger partial charge in [0.1, 0.15) is 6.61 Å². The summed E-state index contributed by atoms with van der Waals surface area (Å²) in [5, 5.41) is 16.0. The molecule has 0 aromatic heterocycles. The van der Waals surface area contributed by atoms with Crippen molar-refractivity contribution in [3.8, 4) is 0 Å². The van der Waals surface area contributed by atoms with Gasteiger partial charge in [0.15, 0.2) is 0 Å². The van der Waals surface area contributed by atoms with Crippen LogP contribution in [0.2, 0.25) is 0 Å². The predicted molar refractivity (Wildman–Crippen MR) is 28.2 cm³/mol. The first-order valence-corrected chi connectivity index (χ1v) is 2.44. The highest BCUT2D eigenvalue weighted by Gasteiger charge is 1.93. The van der Waals surface area contributed by atoms with E-state index in [4.69, 9.17) is 10.3 Å². The number of nitrogens with one attached hydrogen (secondary N) is 1. The average molecular weight is 135 g/mol. The third-order valence-electron chi connectivity index (χ3n) is 0.584. The molecule has 0 saturated heterocycles.